The summed E-state index contributed by atoms with van der Waals surface area (Å²) in [4.78, 5) is 15.7. The van der Waals surface area contributed by atoms with Gasteiger partial charge >= 0.3 is 5.97 Å². The minimum Gasteiger partial charge on any atom is -0.492 e. The molecular formula is C15H16N2O3. The number of nitrogens with one attached hydrogen (secondary N) is 1. The Morgan fingerprint density at radius 1 is 1.30 bits per heavy atom. The van der Waals surface area contributed by atoms with E-state index in [0.717, 1.165) is 11.4 Å². The molecule has 0 amide bonds. The summed E-state index contributed by atoms with van der Waals surface area (Å²) in [6.45, 7) is 2.50. The summed E-state index contributed by atoms with van der Waals surface area (Å²) in [6, 6.07) is 10.8. The summed E-state index contributed by atoms with van der Waals surface area (Å²) < 4.78 is 10.2. The zero-order valence-electron chi connectivity index (χ0n) is 11.4. The second-order valence-corrected chi connectivity index (χ2v) is 3.98. The highest BCUT2D eigenvalue weighted by Gasteiger charge is 2.08. The zero-order chi connectivity index (χ0) is 14.4. The molecule has 0 spiro atoms. The first-order chi connectivity index (χ1) is 9.74. The fourth-order valence-electron chi connectivity index (χ4n) is 1.73. The van der Waals surface area contributed by atoms with Gasteiger partial charge in [-0.15, -0.1) is 0 Å². The van der Waals surface area contributed by atoms with Crippen LogP contribution in [-0.2, 0) is 4.74 Å². The van der Waals surface area contributed by atoms with E-state index in [1.807, 2.05) is 31.2 Å². The third-order valence-corrected chi connectivity index (χ3v) is 2.63. The van der Waals surface area contributed by atoms with Gasteiger partial charge in [-0.3, -0.25) is 0 Å². The summed E-state index contributed by atoms with van der Waals surface area (Å²) in [5.41, 5.74) is 1.24. The maximum Gasteiger partial charge on any atom is 0.338 e. The van der Waals surface area contributed by atoms with Crippen LogP contribution in [0, 0.1) is 0 Å². The maximum atomic E-state index is 11.5. The van der Waals surface area contributed by atoms with Crippen LogP contribution in [0.2, 0.25) is 0 Å². The fraction of sp³-hybridized carbons (Fsp3) is 0.200. The number of pyridine rings is 1. The van der Waals surface area contributed by atoms with Crippen molar-refractivity contribution in [3.63, 3.8) is 0 Å². The predicted octanol–water partition coefficient (Wildman–Crippen LogP) is 3.01. The molecule has 2 aromatic rings. The lowest BCUT2D eigenvalue weighted by molar-refractivity contribution is 0.0600. The molecule has 0 saturated carbocycles. The normalized spacial score (nSPS) is 9.90. The van der Waals surface area contributed by atoms with Gasteiger partial charge in [-0.25, -0.2) is 9.78 Å². The second-order valence-electron chi connectivity index (χ2n) is 3.98. The van der Waals surface area contributed by atoms with Crippen LogP contribution in [0.3, 0.4) is 0 Å². The highest BCUT2D eigenvalue weighted by Crippen LogP contribution is 2.26. The topological polar surface area (TPSA) is 60.5 Å². The number of para-hydroxylation sites is 2. The van der Waals surface area contributed by atoms with Crippen LogP contribution < -0.4 is 10.1 Å². The molecule has 0 aliphatic carbocycles. The molecule has 5 nitrogen and oxygen atoms in total. The number of anilines is 2. The van der Waals surface area contributed by atoms with Gasteiger partial charge in [0.2, 0.25) is 0 Å². The van der Waals surface area contributed by atoms with Crippen molar-refractivity contribution < 1.29 is 14.3 Å². The largest absolute Gasteiger partial charge is 0.492 e. The van der Waals surface area contributed by atoms with Crippen molar-refractivity contribution in [1.82, 2.24) is 4.98 Å². The van der Waals surface area contributed by atoms with E-state index in [-0.39, 0.29) is 0 Å². The Bertz CT molecular complexity index is 599. The van der Waals surface area contributed by atoms with E-state index in [2.05, 4.69) is 15.0 Å². The van der Waals surface area contributed by atoms with Gasteiger partial charge in [0.1, 0.15) is 11.6 Å². The van der Waals surface area contributed by atoms with E-state index >= 15 is 0 Å². The van der Waals surface area contributed by atoms with Crippen LogP contribution in [0.15, 0.2) is 42.6 Å². The SMILES string of the molecule is CCOc1ccccc1Nc1cc(C(=O)OC)ccn1. The lowest BCUT2D eigenvalue weighted by Crippen LogP contribution is -2.03. The number of hydrogen-bond acceptors (Lipinski definition) is 5. The Kier molecular flexibility index (Phi) is 4.55. The number of nitrogens with zero attached hydrogens (tertiary/aromatic N) is 1. The number of rotatable bonds is 5. The highest BCUT2D eigenvalue weighted by atomic mass is 16.5. The molecule has 0 atom stereocenters. The lowest BCUT2D eigenvalue weighted by atomic mass is 10.2. The van der Waals surface area contributed by atoms with Crippen LogP contribution in [0.25, 0.3) is 0 Å². The van der Waals surface area contributed by atoms with Gasteiger partial charge in [-0.05, 0) is 31.2 Å². The van der Waals surface area contributed by atoms with Crippen molar-refractivity contribution in [3.05, 3.63) is 48.2 Å². The van der Waals surface area contributed by atoms with Crippen molar-refractivity contribution in [1.29, 1.82) is 0 Å². The van der Waals surface area contributed by atoms with Crippen LogP contribution in [0.4, 0.5) is 11.5 Å². The van der Waals surface area contributed by atoms with Gasteiger partial charge in [0.15, 0.2) is 0 Å². The van der Waals surface area contributed by atoms with E-state index < -0.39 is 5.97 Å². The Hall–Kier alpha value is -2.56. The Morgan fingerprint density at radius 3 is 2.85 bits per heavy atom. The molecule has 1 heterocycles. The monoisotopic (exact) mass is 272 g/mol. The summed E-state index contributed by atoms with van der Waals surface area (Å²) in [7, 11) is 1.35. The van der Waals surface area contributed by atoms with Crippen LogP contribution in [0.1, 0.15) is 17.3 Å². The quantitative estimate of drug-likeness (QED) is 0.848. The smallest absolute Gasteiger partial charge is 0.338 e. The van der Waals surface area contributed by atoms with Crippen molar-refractivity contribution >= 4 is 17.5 Å². The number of methoxy groups -OCH3 is 1. The van der Waals surface area contributed by atoms with E-state index in [4.69, 9.17) is 4.74 Å². The Balaban J connectivity index is 2.24. The van der Waals surface area contributed by atoms with Gasteiger partial charge in [0.25, 0.3) is 0 Å². The minimum atomic E-state index is -0.395. The number of benzene rings is 1. The molecule has 1 N–H and O–H groups in total. The van der Waals surface area contributed by atoms with Crippen LogP contribution in [-0.4, -0.2) is 24.7 Å². The Morgan fingerprint density at radius 2 is 2.10 bits per heavy atom. The van der Waals surface area contributed by atoms with Crippen LogP contribution in [0.5, 0.6) is 5.75 Å². The molecule has 0 saturated heterocycles. The maximum absolute atomic E-state index is 11.5. The van der Waals surface area contributed by atoms with E-state index in [0.29, 0.717) is 18.0 Å². The molecule has 2 rings (SSSR count). The molecule has 0 radical (unpaired) electrons. The van der Waals surface area contributed by atoms with Crippen molar-refractivity contribution in [2.24, 2.45) is 0 Å². The van der Waals surface area contributed by atoms with Crippen molar-refractivity contribution in [2.75, 3.05) is 19.0 Å². The first-order valence-corrected chi connectivity index (χ1v) is 6.27. The lowest BCUT2D eigenvalue weighted by Gasteiger charge is -2.11. The van der Waals surface area contributed by atoms with Gasteiger partial charge in [0.05, 0.1) is 25.0 Å². The number of ether oxygens (including phenoxy) is 2. The average molecular weight is 272 g/mol. The van der Waals surface area contributed by atoms with E-state index in [9.17, 15) is 4.79 Å². The molecule has 0 unspecified atom stereocenters. The van der Waals surface area contributed by atoms with E-state index in [1.165, 1.54) is 7.11 Å². The third kappa shape index (κ3) is 3.26. The molecule has 20 heavy (non-hydrogen) atoms. The fourth-order valence-corrected chi connectivity index (χ4v) is 1.73. The average Bonchev–Trinajstić information content (AvgIpc) is 2.49. The molecule has 0 fully saturated rings. The number of hydrogen-bond donors (Lipinski definition) is 1. The van der Waals surface area contributed by atoms with Gasteiger partial charge in [0, 0.05) is 6.20 Å². The summed E-state index contributed by atoms with van der Waals surface area (Å²) in [6.07, 6.45) is 1.55. The second kappa shape index (κ2) is 6.56. The molecule has 1 aromatic carbocycles. The van der Waals surface area contributed by atoms with Crippen LogP contribution >= 0.6 is 0 Å². The molecule has 0 aliphatic heterocycles. The highest BCUT2D eigenvalue weighted by molar-refractivity contribution is 5.90. The molecule has 0 bridgehead atoms. The predicted molar refractivity (Wildman–Crippen MR) is 76.5 cm³/mol. The summed E-state index contributed by atoms with van der Waals surface area (Å²) in [5.74, 6) is 0.897. The first kappa shape index (κ1) is 13.9. The third-order valence-electron chi connectivity index (χ3n) is 2.63. The number of carbonyl (C=O) groups is 1. The Labute approximate surface area is 117 Å². The molecule has 104 valence electrons. The zero-order valence-corrected chi connectivity index (χ0v) is 11.4. The van der Waals surface area contributed by atoms with Crippen molar-refractivity contribution in [2.45, 2.75) is 6.92 Å². The molecular weight excluding hydrogens is 256 g/mol. The summed E-state index contributed by atoms with van der Waals surface area (Å²) in [5, 5.41) is 3.13. The minimum absolute atomic E-state index is 0.395. The number of aromatic nitrogens is 1. The van der Waals surface area contributed by atoms with E-state index in [1.54, 1.807) is 18.3 Å². The molecule has 5 heteroatoms. The van der Waals surface area contributed by atoms with Gasteiger partial charge < -0.3 is 14.8 Å². The van der Waals surface area contributed by atoms with Gasteiger partial charge in [-0.1, -0.05) is 12.1 Å². The van der Waals surface area contributed by atoms with Crippen molar-refractivity contribution in [3.8, 4) is 5.75 Å². The first-order valence-electron chi connectivity index (χ1n) is 6.27. The molecule has 1 aromatic heterocycles. The summed E-state index contributed by atoms with van der Waals surface area (Å²) >= 11 is 0. The molecule has 0 aliphatic rings. The number of carbonyl (C=O) groups excluding carboxylic acids is 1. The number of esters is 1. The standard InChI is InChI=1S/C15H16N2O3/c1-3-20-13-7-5-4-6-12(13)17-14-10-11(8-9-16-14)15(18)19-2/h4-10H,3H2,1-2H3,(H,16,17). The van der Waals surface area contributed by atoms with Gasteiger partial charge in [-0.2, -0.15) is 0 Å².